The Morgan fingerprint density at radius 1 is 1.28 bits per heavy atom. The van der Waals surface area contributed by atoms with E-state index in [2.05, 4.69) is 4.72 Å². The fourth-order valence-electron chi connectivity index (χ4n) is 1.29. The van der Waals surface area contributed by atoms with E-state index in [0.717, 1.165) is 5.56 Å². The van der Waals surface area contributed by atoms with Crippen LogP contribution in [0.15, 0.2) is 30.3 Å². The molecule has 0 fully saturated rings. The third kappa shape index (κ3) is 5.59. The normalized spacial score (nSPS) is 15.3. The van der Waals surface area contributed by atoms with Crippen molar-refractivity contribution >= 4 is 10.0 Å². The van der Waals surface area contributed by atoms with Crippen LogP contribution in [0.4, 0.5) is 0 Å². The molecular weight excluding hydrogens is 254 g/mol. The molecule has 6 heteroatoms. The van der Waals surface area contributed by atoms with Crippen LogP contribution < -0.4 is 4.72 Å². The van der Waals surface area contributed by atoms with Crippen molar-refractivity contribution in [1.82, 2.24) is 4.72 Å². The topological polar surface area (TPSA) is 86.6 Å². The summed E-state index contributed by atoms with van der Waals surface area (Å²) in [5.74, 6) is -0.0431. The molecule has 0 spiro atoms. The second-order valence-electron chi connectivity index (χ2n) is 4.53. The first-order valence-corrected chi connectivity index (χ1v) is 7.34. The molecule has 0 aliphatic heterocycles. The molecule has 3 N–H and O–H groups in total. The second kappa shape index (κ2) is 6.29. The largest absolute Gasteiger partial charge is 0.393 e. The molecule has 0 aliphatic carbocycles. The number of aryl methyl sites for hydroxylation is 1. The summed E-state index contributed by atoms with van der Waals surface area (Å²) >= 11 is 0. The number of aliphatic hydroxyl groups excluding tert-OH is 1. The van der Waals surface area contributed by atoms with Crippen molar-refractivity contribution < 1.29 is 18.6 Å². The highest BCUT2D eigenvalue weighted by Crippen LogP contribution is 2.03. The van der Waals surface area contributed by atoms with Crippen molar-refractivity contribution in [1.29, 1.82) is 0 Å². The predicted molar refractivity (Wildman–Crippen MR) is 69.6 cm³/mol. The number of hydrogen-bond acceptors (Lipinski definition) is 4. The number of hydrogen-bond donors (Lipinski definition) is 3. The Morgan fingerprint density at radius 2 is 1.89 bits per heavy atom. The summed E-state index contributed by atoms with van der Waals surface area (Å²) in [6.07, 6.45) is 0.414. The molecule has 0 radical (unpaired) electrons. The Labute approximate surface area is 108 Å². The Kier molecular flexibility index (Phi) is 5.28. The molecule has 1 aromatic rings. The smallest absolute Gasteiger partial charge is 0.212 e. The predicted octanol–water partition coefficient (Wildman–Crippen LogP) is -0.108. The molecule has 0 aliphatic rings. The van der Waals surface area contributed by atoms with Crippen LogP contribution in [0.3, 0.4) is 0 Å². The van der Waals surface area contributed by atoms with Crippen LogP contribution in [0.25, 0.3) is 0 Å². The average Bonchev–Trinajstić information content (AvgIpc) is 2.36. The van der Waals surface area contributed by atoms with E-state index in [-0.39, 0.29) is 12.3 Å². The Balaban J connectivity index is 2.46. The van der Waals surface area contributed by atoms with E-state index in [1.54, 1.807) is 0 Å². The van der Waals surface area contributed by atoms with Crippen molar-refractivity contribution in [2.24, 2.45) is 0 Å². The zero-order valence-electron chi connectivity index (χ0n) is 10.3. The summed E-state index contributed by atoms with van der Waals surface area (Å²) in [5.41, 5.74) is -0.489. The molecule has 0 saturated heterocycles. The summed E-state index contributed by atoms with van der Waals surface area (Å²) < 4.78 is 25.6. The minimum Gasteiger partial charge on any atom is -0.393 e. The first-order chi connectivity index (χ1) is 8.35. The van der Waals surface area contributed by atoms with Crippen molar-refractivity contribution in [3.05, 3.63) is 35.9 Å². The van der Waals surface area contributed by atoms with Gasteiger partial charge >= 0.3 is 0 Å². The van der Waals surface area contributed by atoms with Gasteiger partial charge in [0.25, 0.3) is 0 Å². The molecule has 1 aromatic carbocycles. The van der Waals surface area contributed by atoms with Gasteiger partial charge in [-0.2, -0.15) is 0 Å². The highest BCUT2D eigenvalue weighted by atomic mass is 32.2. The van der Waals surface area contributed by atoms with Crippen LogP contribution in [-0.4, -0.2) is 43.1 Å². The first kappa shape index (κ1) is 15.1. The molecule has 0 amide bonds. The quantitative estimate of drug-likeness (QED) is 0.647. The van der Waals surface area contributed by atoms with Crippen molar-refractivity contribution in [3.63, 3.8) is 0 Å². The molecule has 0 bridgehead atoms. The maximum absolute atomic E-state index is 11.7. The second-order valence-corrected chi connectivity index (χ2v) is 6.46. The van der Waals surface area contributed by atoms with E-state index in [1.807, 2.05) is 30.3 Å². The Bertz CT molecular complexity index is 456. The molecule has 1 rings (SSSR count). The lowest BCUT2D eigenvalue weighted by Crippen LogP contribution is -2.44. The van der Waals surface area contributed by atoms with Gasteiger partial charge in [0, 0.05) is 6.54 Å². The van der Waals surface area contributed by atoms with Gasteiger partial charge in [0.15, 0.2) is 0 Å². The number of sulfonamides is 1. The summed E-state index contributed by atoms with van der Waals surface area (Å²) in [7, 11) is -3.44. The van der Waals surface area contributed by atoms with Crippen LogP contribution in [0.2, 0.25) is 0 Å². The molecule has 18 heavy (non-hydrogen) atoms. The molecular formula is C12H19NO4S. The molecule has 1 unspecified atom stereocenters. The lowest BCUT2D eigenvalue weighted by Gasteiger charge is -2.20. The van der Waals surface area contributed by atoms with E-state index in [1.165, 1.54) is 6.92 Å². The van der Waals surface area contributed by atoms with Crippen LogP contribution in [0.5, 0.6) is 0 Å². The first-order valence-electron chi connectivity index (χ1n) is 5.69. The Morgan fingerprint density at radius 3 is 2.44 bits per heavy atom. The Hall–Kier alpha value is -0.950. The molecule has 5 nitrogen and oxygen atoms in total. The van der Waals surface area contributed by atoms with E-state index in [4.69, 9.17) is 5.11 Å². The molecule has 1 atom stereocenters. The van der Waals surface area contributed by atoms with Gasteiger partial charge in [0.2, 0.25) is 10.0 Å². The fraction of sp³-hybridized carbons (Fsp3) is 0.500. The average molecular weight is 273 g/mol. The lowest BCUT2D eigenvalue weighted by atomic mass is 10.1. The zero-order valence-corrected chi connectivity index (χ0v) is 11.2. The molecule has 0 aromatic heterocycles. The van der Waals surface area contributed by atoms with Gasteiger partial charge in [0.1, 0.15) is 0 Å². The van der Waals surface area contributed by atoms with Gasteiger partial charge in [-0.15, -0.1) is 0 Å². The standard InChI is InChI=1S/C12H19NO4S/c1-12(15,10-14)9-13-18(16,17)8-7-11-5-3-2-4-6-11/h2-6,13-15H,7-10H2,1H3. The highest BCUT2D eigenvalue weighted by Gasteiger charge is 2.22. The minimum atomic E-state index is -3.44. The van der Waals surface area contributed by atoms with Gasteiger partial charge in [-0.25, -0.2) is 13.1 Å². The third-order valence-corrected chi connectivity index (χ3v) is 3.84. The number of rotatable bonds is 7. The van der Waals surface area contributed by atoms with Gasteiger partial charge < -0.3 is 10.2 Å². The van der Waals surface area contributed by atoms with E-state index >= 15 is 0 Å². The lowest BCUT2D eigenvalue weighted by molar-refractivity contribution is 0.00681. The summed E-state index contributed by atoms with van der Waals surface area (Å²) in [6, 6.07) is 9.30. The van der Waals surface area contributed by atoms with Crippen molar-refractivity contribution in [2.75, 3.05) is 18.9 Å². The zero-order chi connectivity index (χ0) is 13.6. The maximum atomic E-state index is 11.7. The summed E-state index contributed by atoms with van der Waals surface area (Å²) in [4.78, 5) is 0. The molecule has 0 saturated carbocycles. The van der Waals surface area contributed by atoms with E-state index in [0.29, 0.717) is 6.42 Å². The maximum Gasteiger partial charge on any atom is 0.212 e. The van der Waals surface area contributed by atoms with Gasteiger partial charge in [-0.3, -0.25) is 0 Å². The highest BCUT2D eigenvalue weighted by molar-refractivity contribution is 7.89. The summed E-state index contributed by atoms with van der Waals surface area (Å²) in [6.45, 7) is 0.682. The van der Waals surface area contributed by atoms with Gasteiger partial charge in [-0.05, 0) is 18.9 Å². The third-order valence-electron chi connectivity index (χ3n) is 2.52. The van der Waals surface area contributed by atoms with E-state index < -0.39 is 22.2 Å². The van der Waals surface area contributed by atoms with Crippen molar-refractivity contribution in [2.45, 2.75) is 18.9 Å². The minimum absolute atomic E-state index is 0.0431. The number of benzene rings is 1. The van der Waals surface area contributed by atoms with Crippen LogP contribution in [0.1, 0.15) is 12.5 Å². The van der Waals surface area contributed by atoms with Crippen LogP contribution >= 0.6 is 0 Å². The molecule has 102 valence electrons. The number of aliphatic hydroxyl groups is 2. The van der Waals surface area contributed by atoms with Gasteiger partial charge in [0.05, 0.1) is 18.0 Å². The van der Waals surface area contributed by atoms with Gasteiger partial charge in [-0.1, -0.05) is 30.3 Å². The molecule has 0 heterocycles. The monoisotopic (exact) mass is 273 g/mol. The summed E-state index contributed by atoms with van der Waals surface area (Å²) in [5, 5.41) is 18.3. The fourth-order valence-corrected chi connectivity index (χ4v) is 2.47. The van der Waals surface area contributed by atoms with Crippen LogP contribution in [0, 0.1) is 0 Å². The van der Waals surface area contributed by atoms with Crippen molar-refractivity contribution in [3.8, 4) is 0 Å². The van der Waals surface area contributed by atoms with E-state index in [9.17, 15) is 13.5 Å². The van der Waals surface area contributed by atoms with Crippen LogP contribution in [-0.2, 0) is 16.4 Å². The SMILES string of the molecule is CC(O)(CO)CNS(=O)(=O)CCc1ccccc1. The number of nitrogens with one attached hydrogen (secondary N) is 1.